The molecule has 0 spiro atoms. The molecule has 0 atom stereocenters. The summed E-state index contributed by atoms with van der Waals surface area (Å²) in [6.07, 6.45) is 0. The normalized spacial score (nSPS) is 10.0. The molecule has 1 heterocycles. The minimum atomic E-state index is -0.263. The number of nitrogens with one attached hydrogen (secondary N) is 2. The van der Waals surface area contributed by atoms with E-state index in [0.29, 0.717) is 18.0 Å². The molecule has 5 nitrogen and oxygen atoms in total. The molecule has 0 fully saturated rings. The van der Waals surface area contributed by atoms with E-state index in [1.165, 1.54) is 11.3 Å². The fourth-order valence-electron chi connectivity index (χ4n) is 1.52. The van der Waals surface area contributed by atoms with Crippen LogP contribution < -0.4 is 15.4 Å². The SMILES string of the molecule is COc1cccc(NC(=O)NCc2nc(C)cs2)c1. The highest BCUT2D eigenvalue weighted by Crippen LogP contribution is 2.16. The summed E-state index contributed by atoms with van der Waals surface area (Å²) in [5, 5.41) is 8.34. The number of hydrogen-bond donors (Lipinski definition) is 2. The summed E-state index contributed by atoms with van der Waals surface area (Å²) in [4.78, 5) is 16.0. The van der Waals surface area contributed by atoms with Gasteiger partial charge in [-0.25, -0.2) is 9.78 Å². The van der Waals surface area contributed by atoms with Crippen molar-refractivity contribution < 1.29 is 9.53 Å². The Morgan fingerprint density at radius 1 is 1.47 bits per heavy atom. The second-order valence-electron chi connectivity index (χ2n) is 3.92. The van der Waals surface area contributed by atoms with E-state index < -0.39 is 0 Å². The molecule has 0 aliphatic carbocycles. The van der Waals surface area contributed by atoms with E-state index in [1.54, 1.807) is 19.2 Å². The number of ether oxygens (including phenoxy) is 1. The first-order chi connectivity index (χ1) is 9.17. The molecular formula is C13H15N3O2S. The largest absolute Gasteiger partial charge is 0.497 e. The van der Waals surface area contributed by atoms with Crippen LogP contribution in [0.25, 0.3) is 0 Å². The summed E-state index contributed by atoms with van der Waals surface area (Å²) in [7, 11) is 1.59. The molecule has 2 rings (SSSR count). The van der Waals surface area contributed by atoms with Crippen molar-refractivity contribution in [3.05, 3.63) is 40.3 Å². The van der Waals surface area contributed by atoms with Gasteiger partial charge in [-0.05, 0) is 19.1 Å². The first-order valence-electron chi connectivity index (χ1n) is 5.77. The van der Waals surface area contributed by atoms with Crippen molar-refractivity contribution in [2.24, 2.45) is 0 Å². The molecule has 0 saturated carbocycles. The van der Waals surface area contributed by atoms with Gasteiger partial charge in [-0.2, -0.15) is 0 Å². The van der Waals surface area contributed by atoms with E-state index in [2.05, 4.69) is 15.6 Å². The molecule has 0 radical (unpaired) electrons. The molecule has 2 aromatic rings. The van der Waals surface area contributed by atoms with Crippen LogP contribution in [-0.4, -0.2) is 18.1 Å². The molecule has 2 N–H and O–H groups in total. The van der Waals surface area contributed by atoms with Gasteiger partial charge in [0.1, 0.15) is 10.8 Å². The number of benzene rings is 1. The van der Waals surface area contributed by atoms with Crippen molar-refractivity contribution in [2.45, 2.75) is 13.5 Å². The van der Waals surface area contributed by atoms with Gasteiger partial charge in [-0.15, -0.1) is 11.3 Å². The van der Waals surface area contributed by atoms with Crippen LogP contribution in [0.3, 0.4) is 0 Å². The predicted octanol–water partition coefficient (Wildman–Crippen LogP) is 2.78. The highest BCUT2D eigenvalue weighted by molar-refractivity contribution is 7.09. The summed E-state index contributed by atoms with van der Waals surface area (Å²) in [5.41, 5.74) is 1.65. The standard InChI is InChI=1S/C13H15N3O2S/c1-9-8-19-12(15-9)7-14-13(17)16-10-4-3-5-11(6-10)18-2/h3-6,8H,7H2,1-2H3,(H2,14,16,17). The van der Waals surface area contributed by atoms with E-state index >= 15 is 0 Å². The van der Waals surface area contributed by atoms with Gasteiger partial charge in [0, 0.05) is 22.8 Å². The van der Waals surface area contributed by atoms with E-state index in [0.717, 1.165) is 10.7 Å². The number of carbonyl (C=O) groups excluding carboxylic acids is 1. The number of anilines is 1. The lowest BCUT2D eigenvalue weighted by Crippen LogP contribution is -2.28. The molecule has 0 bridgehead atoms. The van der Waals surface area contributed by atoms with Crippen LogP contribution in [0.15, 0.2) is 29.6 Å². The average Bonchev–Trinajstić information content (AvgIpc) is 2.82. The van der Waals surface area contributed by atoms with Crippen LogP contribution in [0.1, 0.15) is 10.7 Å². The number of rotatable bonds is 4. The molecule has 0 unspecified atom stereocenters. The first kappa shape index (κ1) is 13.4. The Bertz CT molecular complexity index is 569. The maximum Gasteiger partial charge on any atom is 0.319 e. The van der Waals surface area contributed by atoms with Gasteiger partial charge < -0.3 is 15.4 Å². The predicted molar refractivity (Wildman–Crippen MR) is 75.7 cm³/mol. The molecule has 2 amide bonds. The number of aromatic nitrogens is 1. The molecule has 0 saturated heterocycles. The zero-order valence-electron chi connectivity index (χ0n) is 10.8. The van der Waals surface area contributed by atoms with E-state index in [-0.39, 0.29) is 6.03 Å². The lowest BCUT2D eigenvalue weighted by molar-refractivity contribution is 0.251. The first-order valence-corrected chi connectivity index (χ1v) is 6.65. The van der Waals surface area contributed by atoms with Crippen LogP contribution in [0.4, 0.5) is 10.5 Å². The fourth-order valence-corrected chi connectivity index (χ4v) is 2.23. The smallest absolute Gasteiger partial charge is 0.319 e. The van der Waals surface area contributed by atoms with Crippen LogP contribution in [0.2, 0.25) is 0 Å². The zero-order chi connectivity index (χ0) is 13.7. The Hall–Kier alpha value is -2.08. The van der Waals surface area contributed by atoms with Crippen LogP contribution in [0.5, 0.6) is 5.75 Å². The molecule has 1 aromatic carbocycles. The van der Waals surface area contributed by atoms with Crippen molar-refractivity contribution >= 4 is 23.1 Å². The summed E-state index contributed by atoms with van der Waals surface area (Å²) in [6.45, 7) is 2.35. The second-order valence-corrected chi connectivity index (χ2v) is 4.86. The van der Waals surface area contributed by atoms with Gasteiger partial charge in [-0.1, -0.05) is 6.07 Å². The number of thiazole rings is 1. The average molecular weight is 277 g/mol. The van der Waals surface area contributed by atoms with E-state index in [1.807, 2.05) is 24.4 Å². The highest BCUT2D eigenvalue weighted by atomic mass is 32.1. The summed E-state index contributed by atoms with van der Waals surface area (Å²) in [5.74, 6) is 0.702. The minimum Gasteiger partial charge on any atom is -0.497 e. The lowest BCUT2D eigenvalue weighted by Gasteiger charge is -2.07. The molecule has 6 heteroatoms. The van der Waals surface area contributed by atoms with Crippen LogP contribution >= 0.6 is 11.3 Å². The van der Waals surface area contributed by atoms with Crippen molar-refractivity contribution in [3.63, 3.8) is 0 Å². The third kappa shape index (κ3) is 3.96. The number of urea groups is 1. The number of nitrogens with zero attached hydrogens (tertiary/aromatic N) is 1. The zero-order valence-corrected chi connectivity index (χ0v) is 11.6. The molecule has 0 aliphatic rings. The van der Waals surface area contributed by atoms with Crippen molar-refractivity contribution in [2.75, 3.05) is 12.4 Å². The Kier molecular flexibility index (Phi) is 4.35. The lowest BCUT2D eigenvalue weighted by atomic mass is 10.3. The molecule has 100 valence electrons. The number of carbonyl (C=O) groups is 1. The summed E-state index contributed by atoms with van der Waals surface area (Å²) >= 11 is 1.53. The second kappa shape index (κ2) is 6.19. The molecule has 19 heavy (non-hydrogen) atoms. The topological polar surface area (TPSA) is 63.2 Å². The van der Waals surface area contributed by atoms with Crippen LogP contribution in [-0.2, 0) is 6.54 Å². The summed E-state index contributed by atoms with van der Waals surface area (Å²) in [6, 6.07) is 6.93. The van der Waals surface area contributed by atoms with Gasteiger partial charge in [-0.3, -0.25) is 0 Å². The number of methoxy groups -OCH3 is 1. The van der Waals surface area contributed by atoms with Gasteiger partial charge in [0.25, 0.3) is 0 Å². The number of hydrogen-bond acceptors (Lipinski definition) is 4. The molecule has 1 aromatic heterocycles. The molecular weight excluding hydrogens is 262 g/mol. The number of aryl methyl sites for hydroxylation is 1. The van der Waals surface area contributed by atoms with Crippen molar-refractivity contribution in [1.82, 2.24) is 10.3 Å². The number of amides is 2. The van der Waals surface area contributed by atoms with Crippen LogP contribution in [0, 0.1) is 6.92 Å². The van der Waals surface area contributed by atoms with Crippen molar-refractivity contribution in [1.29, 1.82) is 0 Å². The van der Waals surface area contributed by atoms with E-state index in [9.17, 15) is 4.79 Å². The maximum atomic E-state index is 11.7. The Balaban J connectivity index is 1.86. The third-order valence-electron chi connectivity index (χ3n) is 2.39. The quantitative estimate of drug-likeness (QED) is 0.903. The van der Waals surface area contributed by atoms with Gasteiger partial charge in [0.2, 0.25) is 0 Å². The minimum absolute atomic E-state index is 0.263. The Morgan fingerprint density at radius 3 is 3.00 bits per heavy atom. The Morgan fingerprint density at radius 2 is 2.32 bits per heavy atom. The van der Waals surface area contributed by atoms with Gasteiger partial charge >= 0.3 is 6.03 Å². The fraction of sp³-hybridized carbons (Fsp3) is 0.231. The Labute approximate surface area is 115 Å². The highest BCUT2D eigenvalue weighted by Gasteiger charge is 2.04. The molecule has 0 aliphatic heterocycles. The van der Waals surface area contributed by atoms with Gasteiger partial charge in [0.15, 0.2) is 0 Å². The monoisotopic (exact) mass is 277 g/mol. The maximum absolute atomic E-state index is 11.7. The summed E-state index contributed by atoms with van der Waals surface area (Å²) < 4.78 is 5.09. The third-order valence-corrected chi connectivity index (χ3v) is 3.36. The van der Waals surface area contributed by atoms with Gasteiger partial charge in [0.05, 0.1) is 13.7 Å². The van der Waals surface area contributed by atoms with Crippen molar-refractivity contribution in [3.8, 4) is 5.75 Å². The van der Waals surface area contributed by atoms with E-state index in [4.69, 9.17) is 4.74 Å².